The summed E-state index contributed by atoms with van der Waals surface area (Å²) in [7, 11) is 0. The molecule has 0 saturated heterocycles. The number of Topliss-reactive ketones (excluding diaryl/α,β-unsaturated/α-hetero) is 1. The van der Waals surface area contributed by atoms with Gasteiger partial charge in [0.1, 0.15) is 0 Å². The molecule has 96 valence electrons. The van der Waals surface area contributed by atoms with E-state index in [-0.39, 0.29) is 5.56 Å². The number of rotatable bonds is 6. The molecule has 0 radical (unpaired) electrons. The van der Waals surface area contributed by atoms with E-state index in [1.165, 1.54) is 24.5 Å². The van der Waals surface area contributed by atoms with Crippen LogP contribution in [0.15, 0.2) is 24.5 Å². The molecule has 4 N–H and O–H groups in total. The van der Waals surface area contributed by atoms with Gasteiger partial charge in [-0.3, -0.25) is 14.6 Å². The molecule has 0 aliphatic rings. The topological polar surface area (TPSA) is 131 Å². The van der Waals surface area contributed by atoms with Crippen LogP contribution >= 0.6 is 0 Å². The van der Waals surface area contributed by atoms with Crippen LogP contribution in [-0.4, -0.2) is 38.5 Å². The average Bonchev–Trinajstić information content (AvgIpc) is 2.35. The summed E-state index contributed by atoms with van der Waals surface area (Å²) in [5.41, 5.74) is 3.38. The first kappa shape index (κ1) is 13.8. The van der Waals surface area contributed by atoms with E-state index in [0.29, 0.717) is 0 Å². The number of hydrogen-bond donors (Lipinski definition) is 3. The van der Waals surface area contributed by atoms with Gasteiger partial charge in [0, 0.05) is 24.4 Å². The molecule has 0 aliphatic heterocycles. The van der Waals surface area contributed by atoms with Gasteiger partial charge in [0.15, 0.2) is 11.3 Å². The maximum atomic E-state index is 12.0. The molecule has 0 bridgehead atoms. The number of aromatic nitrogens is 1. The van der Waals surface area contributed by atoms with Crippen LogP contribution < -0.4 is 5.73 Å². The molecule has 0 spiro atoms. The van der Waals surface area contributed by atoms with Crippen molar-refractivity contribution in [3.8, 4) is 0 Å². The third kappa shape index (κ3) is 2.89. The maximum Gasteiger partial charge on any atom is 0.331 e. The molecule has 0 amide bonds. The van der Waals surface area contributed by atoms with E-state index in [1.807, 2.05) is 0 Å². The highest BCUT2D eigenvalue weighted by Crippen LogP contribution is 2.17. The third-order valence-corrected chi connectivity index (χ3v) is 2.46. The quantitative estimate of drug-likeness (QED) is 0.476. The smallest absolute Gasteiger partial charge is 0.331 e. The summed E-state index contributed by atoms with van der Waals surface area (Å²) in [4.78, 5) is 37.2. The predicted octanol–water partition coefficient (Wildman–Crippen LogP) is -0.0888. The zero-order valence-electron chi connectivity index (χ0n) is 9.37. The summed E-state index contributed by atoms with van der Waals surface area (Å²) in [5.74, 6) is -3.60. The molecule has 1 heterocycles. The summed E-state index contributed by atoms with van der Waals surface area (Å²) in [6.07, 6.45) is 1.68. The molecular formula is C11H12N2O5. The van der Waals surface area contributed by atoms with Gasteiger partial charge in [-0.15, -0.1) is 0 Å². The zero-order chi connectivity index (χ0) is 13.8. The van der Waals surface area contributed by atoms with Gasteiger partial charge in [0.2, 0.25) is 0 Å². The van der Waals surface area contributed by atoms with Gasteiger partial charge < -0.3 is 15.9 Å². The molecule has 1 atom stereocenters. The van der Waals surface area contributed by atoms with Gasteiger partial charge >= 0.3 is 11.9 Å². The van der Waals surface area contributed by atoms with E-state index in [4.69, 9.17) is 15.9 Å². The van der Waals surface area contributed by atoms with Crippen molar-refractivity contribution in [2.45, 2.75) is 18.4 Å². The predicted molar refractivity (Wildman–Crippen MR) is 60.0 cm³/mol. The van der Waals surface area contributed by atoms with Gasteiger partial charge in [0.25, 0.3) is 0 Å². The minimum atomic E-state index is -2.24. The molecule has 7 heteroatoms. The minimum Gasteiger partial charge on any atom is -0.481 e. The lowest BCUT2D eigenvalue weighted by molar-refractivity contribution is -0.142. The van der Waals surface area contributed by atoms with Crippen molar-refractivity contribution >= 4 is 17.7 Å². The van der Waals surface area contributed by atoms with Crippen LogP contribution in [0.1, 0.15) is 23.2 Å². The van der Waals surface area contributed by atoms with Gasteiger partial charge in [-0.25, -0.2) is 4.79 Å². The highest BCUT2D eigenvalue weighted by atomic mass is 16.4. The van der Waals surface area contributed by atoms with Gasteiger partial charge in [-0.05, 0) is 18.6 Å². The Labute approximate surface area is 102 Å². The second-order valence-electron chi connectivity index (χ2n) is 3.74. The van der Waals surface area contributed by atoms with E-state index in [2.05, 4.69) is 4.98 Å². The first-order valence-corrected chi connectivity index (χ1v) is 5.07. The lowest BCUT2D eigenvalue weighted by atomic mass is 9.86. The highest BCUT2D eigenvalue weighted by molar-refractivity contribution is 6.15. The minimum absolute atomic E-state index is 0.0836. The standard InChI is InChI=1S/C11H12N2O5/c12-11(10(17)18,4-1-8(14)15)9(16)7-2-5-13-6-3-7/h2-3,5-6H,1,4,12H2,(H,14,15)(H,17,18)/t11-/m1/s1. The van der Waals surface area contributed by atoms with Crippen LogP contribution in [0.4, 0.5) is 0 Å². The van der Waals surface area contributed by atoms with Crippen molar-refractivity contribution in [1.82, 2.24) is 4.98 Å². The molecule has 0 fully saturated rings. The van der Waals surface area contributed by atoms with Crippen molar-refractivity contribution in [3.63, 3.8) is 0 Å². The summed E-state index contributed by atoms with van der Waals surface area (Å²) in [5, 5.41) is 17.6. The van der Waals surface area contributed by atoms with Gasteiger partial charge in [-0.1, -0.05) is 0 Å². The monoisotopic (exact) mass is 252 g/mol. The Bertz CT molecular complexity index is 474. The molecule has 18 heavy (non-hydrogen) atoms. The summed E-state index contributed by atoms with van der Waals surface area (Å²) in [6, 6.07) is 2.65. The number of ketones is 1. The van der Waals surface area contributed by atoms with Crippen molar-refractivity contribution in [1.29, 1.82) is 0 Å². The van der Waals surface area contributed by atoms with E-state index in [0.717, 1.165) is 0 Å². The second-order valence-corrected chi connectivity index (χ2v) is 3.74. The highest BCUT2D eigenvalue weighted by Gasteiger charge is 2.42. The van der Waals surface area contributed by atoms with Gasteiger partial charge in [0.05, 0.1) is 0 Å². The van der Waals surface area contributed by atoms with Crippen LogP contribution in [0, 0.1) is 0 Å². The number of nitrogens with two attached hydrogens (primary N) is 1. The van der Waals surface area contributed by atoms with E-state index in [1.54, 1.807) is 0 Å². The SMILES string of the molecule is N[C@@](CCC(=O)O)(C(=O)O)C(=O)c1ccncc1. The first-order valence-electron chi connectivity index (χ1n) is 5.07. The molecule has 7 nitrogen and oxygen atoms in total. The van der Waals surface area contributed by atoms with E-state index in [9.17, 15) is 14.4 Å². The van der Waals surface area contributed by atoms with Crippen LogP contribution in [0.25, 0.3) is 0 Å². The summed E-state index contributed by atoms with van der Waals surface area (Å²) < 4.78 is 0. The van der Waals surface area contributed by atoms with Crippen molar-refractivity contribution in [3.05, 3.63) is 30.1 Å². The molecule has 0 aromatic carbocycles. The molecular weight excluding hydrogens is 240 g/mol. The Kier molecular flexibility index (Phi) is 4.11. The molecule has 0 unspecified atom stereocenters. The fourth-order valence-corrected chi connectivity index (χ4v) is 1.38. The number of pyridine rings is 1. The lowest BCUT2D eigenvalue weighted by Crippen LogP contribution is -2.55. The van der Waals surface area contributed by atoms with E-state index >= 15 is 0 Å². The molecule has 1 aromatic heterocycles. The average molecular weight is 252 g/mol. The van der Waals surface area contributed by atoms with E-state index < -0.39 is 36.1 Å². The van der Waals surface area contributed by atoms with Crippen LogP contribution in [0.5, 0.6) is 0 Å². The Balaban J connectivity index is 3.01. The normalized spacial score (nSPS) is 13.6. The van der Waals surface area contributed by atoms with Gasteiger partial charge in [-0.2, -0.15) is 0 Å². The van der Waals surface area contributed by atoms with Crippen LogP contribution in [-0.2, 0) is 9.59 Å². The number of carboxylic acids is 2. The fourth-order valence-electron chi connectivity index (χ4n) is 1.38. The number of carbonyl (C=O) groups excluding carboxylic acids is 1. The number of aliphatic carboxylic acids is 2. The lowest BCUT2D eigenvalue weighted by Gasteiger charge is -2.22. The molecule has 1 rings (SSSR count). The number of carbonyl (C=O) groups is 3. The number of hydrogen-bond acceptors (Lipinski definition) is 5. The Morgan fingerprint density at radius 3 is 2.22 bits per heavy atom. The third-order valence-electron chi connectivity index (χ3n) is 2.46. The number of nitrogens with zero attached hydrogens (tertiary/aromatic N) is 1. The first-order chi connectivity index (χ1) is 8.38. The van der Waals surface area contributed by atoms with Crippen molar-refractivity contribution < 1.29 is 24.6 Å². The Hall–Kier alpha value is -2.28. The van der Waals surface area contributed by atoms with Crippen LogP contribution in [0.2, 0.25) is 0 Å². The summed E-state index contributed by atoms with van der Waals surface area (Å²) >= 11 is 0. The number of carboxylic acid groups (broad SMARTS) is 2. The van der Waals surface area contributed by atoms with Crippen molar-refractivity contribution in [2.75, 3.05) is 0 Å². The zero-order valence-corrected chi connectivity index (χ0v) is 9.37. The Morgan fingerprint density at radius 1 is 1.22 bits per heavy atom. The van der Waals surface area contributed by atoms with Crippen molar-refractivity contribution in [2.24, 2.45) is 5.73 Å². The fraction of sp³-hybridized carbons (Fsp3) is 0.273. The maximum absolute atomic E-state index is 12.0. The second kappa shape index (κ2) is 5.37. The summed E-state index contributed by atoms with van der Waals surface area (Å²) in [6.45, 7) is 0. The molecule has 0 aliphatic carbocycles. The Morgan fingerprint density at radius 2 is 1.78 bits per heavy atom. The molecule has 1 aromatic rings. The van der Waals surface area contributed by atoms with Crippen LogP contribution in [0.3, 0.4) is 0 Å². The molecule has 0 saturated carbocycles. The largest absolute Gasteiger partial charge is 0.481 e.